The predicted octanol–water partition coefficient (Wildman–Crippen LogP) is 5.82. The average molecular weight is 542 g/mol. The minimum atomic E-state index is -4.03. The van der Waals surface area contributed by atoms with E-state index in [1.165, 1.54) is 16.4 Å². The van der Waals surface area contributed by atoms with Crippen LogP contribution >= 0.6 is 0 Å². The summed E-state index contributed by atoms with van der Waals surface area (Å²) in [5.41, 5.74) is 1.88. The average Bonchev–Trinajstić information content (AvgIpc) is 2.97. The highest BCUT2D eigenvalue weighted by atomic mass is 32.2. The van der Waals surface area contributed by atoms with E-state index < -0.39 is 15.9 Å². The van der Waals surface area contributed by atoms with Crippen molar-refractivity contribution in [2.45, 2.75) is 25.3 Å². The molecular formula is C31H31N3O4S. The Morgan fingerprint density at radius 3 is 1.87 bits per heavy atom. The number of para-hydroxylation sites is 2. The molecule has 0 heterocycles. The molecule has 2 amide bonds. The molecule has 0 saturated carbocycles. The molecular weight excluding hydrogens is 510 g/mol. The highest BCUT2D eigenvalue weighted by molar-refractivity contribution is 7.92. The largest absolute Gasteiger partial charge is 0.339 e. The number of anilines is 2. The standard InChI is InChI=1S/C31H31N3O4S/c1-3-33(4-2)31(36)26-19-11-13-21-28(26)32-30(35)27-20-12-14-22-29(27)34(23-24-15-7-5-8-16-24)39(37,38)25-17-9-6-10-18-25/h5-22H,3-4,23H2,1-2H3,(H,32,35). The van der Waals surface area contributed by atoms with Gasteiger partial charge in [-0.25, -0.2) is 8.42 Å². The Morgan fingerprint density at radius 2 is 1.23 bits per heavy atom. The van der Waals surface area contributed by atoms with Gasteiger partial charge in [0.2, 0.25) is 0 Å². The summed E-state index contributed by atoms with van der Waals surface area (Å²) < 4.78 is 29.0. The first-order valence-electron chi connectivity index (χ1n) is 12.8. The monoisotopic (exact) mass is 541 g/mol. The molecule has 0 aliphatic rings. The van der Waals surface area contributed by atoms with Crippen LogP contribution in [-0.2, 0) is 16.6 Å². The van der Waals surface area contributed by atoms with Crippen LogP contribution in [0.1, 0.15) is 40.1 Å². The smallest absolute Gasteiger partial charge is 0.264 e. The summed E-state index contributed by atoms with van der Waals surface area (Å²) >= 11 is 0. The summed E-state index contributed by atoms with van der Waals surface area (Å²) in [6.45, 7) is 4.89. The zero-order chi connectivity index (χ0) is 27.8. The molecule has 0 bridgehead atoms. The lowest BCUT2D eigenvalue weighted by molar-refractivity contribution is 0.0774. The van der Waals surface area contributed by atoms with Crippen molar-refractivity contribution in [2.24, 2.45) is 0 Å². The number of hydrogen-bond acceptors (Lipinski definition) is 4. The third-order valence-electron chi connectivity index (χ3n) is 6.37. The maximum Gasteiger partial charge on any atom is 0.264 e. The third kappa shape index (κ3) is 6.18. The Kier molecular flexibility index (Phi) is 8.78. The van der Waals surface area contributed by atoms with Gasteiger partial charge in [0.25, 0.3) is 21.8 Å². The molecule has 0 unspecified atom stereocenters. The highest BCUT2D eigenvalue weighted by Gasteiger charge is 2.29. The van der Waals surface area contributed by atoms with E-state index in [0.29, 0.717) is 24.3 Å². The molecule has 4 aromatic carbocycles. The first-order valence-corrected chi connectivity index (χ1v) is 14.2. The van der Waals surface area contributed by atoms with Crippen molar-refractivity contribution >= 4 is 33.2 Å². The van der Waals surface area contributed by atoms with E-state index in [-0.39, 0.29) is 28.6 Å². The van der Waals surface area contributed by atoms with Crippen LogP contribution in [0.5, 0.6) is 0 Å². The van der Waals surface area contributed by atoms with Gasteiger partial charge in [-0.3, -0.25) is 13.9 Å². The van der Waals surface area contributed by atoms with Crippen LogP contribution in [-0.4, -0.2) is 38.2 Å². The number of sulfonamides is 1. The van der Waals surface area contributed by atoms with Crippen LogP contribution in [0.4, 0.5) is 11.4 Å². The van der Waals surface area contributed by atoms with Gasteiger partial charge in [0.15, 0.2) is 0 Å². The topological polar surface area (TPSA) is 86.8 Å². The van der Waals surface area contributed by atoms with Crippen molar-refractivity contribution in [3.05, 3.63) is 126 Å². The maximum absolute atomic E-state index is 13.9. The molecule has 4 aromatic rings. The predicted molar refractivity (Wildman–Crippen MR) is 154 cm³/mol. The molecule has 0 spiro atoms. The molecule has 0 atom stereocenters. The summed E-state index contributed by atoms with van der Waals surface area (Å²) in [6, 6.07) is 30.7. The van der Waals surface area contributed by atoms with Gasteiger partial charge in [-0.15, -0.1) is 0 Å². The fraction of sp³-hybridized carbons (Fsp3) is 0.161. The van der Waals surface area contributed by atoms with Crippen LogP contribution in [0.25, 0.3) is 0 Å². The number of carbonyl (C=O) groups is 2. The van der Waals surface area contributed by atoms with Crippen molar-refractivity contribution in [3.8, 4) is 0 Å². The first-order chi connectivity index (χ1) is 18.9. The fourth-order valence-corrected chi connectivity index (χ4v) is 5.79. The summed E-state index contributed by atoms with van der Waals surface area (Å²) in [5.74, 6) is -0.715. The van der Waals surface area contributed by atoms with E-state index in [2.05, 4.69) is 5.32 Å². The number of hydrogen-bond donors (Lipinski definition) is 1. The number of nitrogens with zero attached hydrogens (tertiary/aromatic N) is 2. The van der Waals surface area contributed by atoms with E-state index in [1.54, 1.807) is 71.6 Å². The summed E-state index contributed by atoms with van der Waals surface area (Å²) in [7, 11) is -4.03. The minimum absolute atomic E-state index is 0.0272. The molecule has 0 aliphatic heterocycles. The number of benzene rings is 4. The van der Waals surface area contributed by atoms with Crippen molar-refractivity contribution in [1.29, 1.82) is 0 Å². The van der Waals surface area contributed by atoms with Gasteiger partial charge in [-0.05, 0) is 55.8 Å². The van der Waals surface area contributed by atoms with E-state index in [1.807, 2.05) is 44.2 Å². The Balaban J connectivity index is 1.76. The molecule has 0 fully saturated rings. The second-order valence-corrected chi connectivity index (χ2v) is 10.7. The molecule has 0 radical (unpaired) electrons. The van der Waals surface area contributed by atoms with Crippen LogP contribution in [0.3, 0.4) is 0 Å². The van der Waals surface area contributed by atoms with Crippen molar-refractivity contribution in [1.82, 2.24) is 4.90 Å². The first kappa shape index (κ1) is 27.6. The van der Waals surface area contributed by atoms with Crippen molar-refractivity contribution < 1.29 is 18.0 Å². The SMILES string of the molecule is CCN(CC)C(=O)c1ccccc1NC(=O)c1ccccc1N(Cc1ccccc1)S(=O)(=O)c1ccccc1. The van der Waals surface area contributed by atoms with E-state index in [0.717, 1.165) is 5.56 Å². The normalized spacial score (nSPS) is 11.0. The lowest BCUT2D eigenvalue weighted by Crippen LogP contribution is -2.33. The molecule has 4 rings (SSSR count). The van der Waals surface area contributed by atoms with Crippen molar-refractivity contribution in [2.75, 3.05) is 22.7 Å². The number of rotatable bonds is 10. The van der Waals surface area contributed by atoms with Gasteiger partial charge < -0.3 is 10.2 Å². The van der Waals surface area contributed by atoms with E-state index in [4.69, 9.17) is 0 Å². The van der Waals surface area contributed by atoms with Crippen molar-refractivity contribution in [3.63, 3.8) is 0 Å². The van der Waals surface area contributed by atoms with Crippen LogP contribution < -0.4 is 9.62 Å². The molecule has 1 N–H and O–H groups in total. The number of carbonyl (C=O) groups excluding carboxylic acids is 2. The quantitative estimate of drug-likeness (QED) is 0.274. The molecule has 39 heavy (non-hydrogen) atoms. The van der Waals surface area contributed by atoms with Gasteiger partial charge >= 0.3 is 0 Å². The Labute approximate surface area is 229 Å². The fourth-order valence-electron chi connectivity index (χ4n) is 4.30. The lowest BCUT2D eigenvalue weighted by Gasteiger charge is -2.27. The third-order valence-corrected chi connectivity index (χ3v) is 8.15. The second-order valence-electron chi connectivity index (χ2n) is 8.80. The van der Waals surface area contributed by atoms with Gasteiger partial charge in [0, 0.05) is 13.1 Å². The molecule has 0 aliphatic carbocycles. The van der Waals surface area contributed by atoms with Gasteiger partial charge in [0.05, 0.1) is 33.9 Å². The molecule has 200 valence electrons. The Morgan fingerprint density at radius 1 is 0.692 bits per heavy atom. The van der Waals surface area contributed by atoms with E-state index >= 15 is 0 Å². The van der Waals surface area contributed by atoms with Gasteiger partial charge in [0.1, 0.15) is 0 Å². The Hall–Kier alpha value is -4.43. The number of amides is 2. The van der Waals surface area contributed by atoms with Crippen LogP contribution in [0.15, 0.2) is 114 Å². The molecule has 0 saturated heterocycles. The lowest BCUT2D eigenvalue weighted by atomic mass is 10.1. The van der Waals surface area contributed by atoms with Gasteiger partial charge in [-0.2, -0.15) is 0 Å². The molecule has 8 heteroatoms. The Bertz CT molecular complexity index is 1540. The highest BCUT2D eigenvalue weighted by Crippen LogP contribution is 2.30. The van der Waals surface area contributed by atoms with Gasteiger partial charge in [-0.1, -0.05) is 72.8 Å². The summed E-state index contributed by atoms with van der Waals surface area (Å²) in [5, 5.41) is 2.85. The molecule has 0 aromatic heterocycles. The second kappa shape index (κ2) is 12.4. The number of nitrogens with one attached hydrogen (secondary N) is 1. The zero-order valence-electron chi connectivity index (χ0n) is 21.9. The maximum atomic E-state index is 13.9. The summed E-state index contributed by atoms with van der Waals surface area (Å²) in [4.78, 5) is 28.6. The zero-order valence-corrected chi connectivity index (χ0v) is 22.8. The van der Waals surface area contributed by atoms with Crippen LogP contribution in [0, 0.1) is 0 Å². The van der Waals surface area contributed by atoms with Crippen LogP contribution in [0.2, 0.25) is 0 Å². The molecule has 7 nitrogen and oxygen atoms in total. The van der Waals surface area contributed by atoms with E-state index in [9.17, 15) is 18.0 Å². The summed E-state index contributed by atoms with van der Waals surface area (Å²) in [6.07, 6.45) is 0. The minimum Gasteiger partial charge on any atom is -0.339 e.